The van der Waals surface area contributed by atoms with Crippen molar-refractivity contribution in [2.75, 3.05) is 13.1 Å². The summed E-state index contributed by atoms with van der Waals surface area (Å²) in [5, 5.41) is 15.4. The fraction of sp³-hybridized carbons (Fsp3) is 0.333. The molecule has 1 aliphatic heterocycles. The van der Waals surface area contributed by atoms with Crippen molar-refractivity contribution in [2.24, 2.45) is 5.92 Å². The van der Waals surface area contributed by atoms with Crippen LogP contribution in [0.2, 0.25) is 0 Å². The Labute approximate surface area is 171 Å². The van der Waals surface area contributed by atoms with E-state index >= 15 is 0 Å². The molecule has 1 aliphatic rings. The molecule has 0 saturated carbocycles. The van der Waals surface area contributed by atoms with Gasteiger partial charge < -0.3 is 14.4 Å². The summed E-state index contributed by atoms with van der Waals surface area (Å²) in [6.07, 6.45) is 3.83. The van der Waals surface area contributed by atoms with E-state index in [2.05, 4.69) is 17.0 Å². The van der Waals surface area contributed by atoms with Gasteiger partial charge in [-0.25, -0.2) is 4.39 Å². The second kappa shape index (κ2) is 7.27. The first-order valence-electron chi connectivity index (χ1n) is 9.83. The summed E-state index contributed by atoms with van der Waals surface area (Å²) in [5.74, 6) is 1.29. The van der Waals surface area contributed by atoms with E-state index in [1.807, 2.05) is 12.1 Å². The summed E-state index contributed by atoms with van der Waals surface area (Å²) >= 11 is 1.36. The first kappa shape index (κ1) is 18.3. The standard InChI is InChI=1S/C21H21FN4O2S/c1-13-6-4-10-25(12-13)17(14-7-2-3-8-15(14)22)18-20(27)26-21(29-18)23-19(24-26)16-9-5-11-28-16/h2-3,5,7-9,11,13,17,27H,4,6,10,12H2,1H3/p+1/t13-,17-/m0/s1. The number of halogens is 1. The number of hydrogen-bond donors (Lipinski definition) is 2. The molecule has 29 heavy (non-hydrogen) atoms. The Morgan fingerprint density at radius 1 is 1.31 bits per heavy atom. The van der Waals surface area contributed by atoms with Crippen LogP contribution in [0.1, 0.15) is 36.2 Å². The molecule has 4 heterocycles. The first-order chi connectivity index (χ1) is 14.1. The number of hydrogen-bond acceptors (Lipinski definition) is 5. The normalized spacial score (nSPS) is 20.9. The van der Waals surface area contributed by atoms with Gasteiger partial charge in [-0.1, -0.05) is 30.4 Å². The predicted octanol–water partition coefficient (Wildman–Crippen LogP) is 3.30. The minimum atomic E-state index is -0.292. The quantitative estimate of drug-likeness (QED) is 0.539. The molecule has 0 amide bonds. The highest BCUT2D eigenvalue weighted by Gasteiger charge is 2.36. The van der Waals surface area contributed by atoms with Crippen molar-refractivity contribution in [2.45, 2.75) is 25.8 Å². The molecule has 1 fully saturated rings. The van der Waals surface area contributed by atoms with Gasteiger partial charge in [0, 0.05) is 5.92 Å². The number of nitrogens with one attached hydrogen (secondary N) is 1. The van der Waals surface area contributed by atoms with Gasteiger partial charge in [0.15, 0.2) is 11.8 Å². The Morgan fingerprint density at radius 3 is 2.90 bits per heavy atom. The van der Waals surface area contributed by atoms with E-state index in [0.717, 1.165) is 19.5 Å². The van der Waals surface area contributed by atoms with Crippen LogP contribution in [-0.4, -0.2) is 32.8 Å². The maximum atomic E-state index is 14.8. The minimum Gasteiger partial charge on any atom is -0.492 e. The molecule has 1 aromatic carbocycles. The van der Waals surface area contributed by atoms with Gasteiger partial charge >= 0.3 is 0 Å². The summed E-state index contributed by atoms with van der Waals surface area (Å²) in [5.41, 5.74) is 0.600. The summed E-state index contributed by atoms with van der Waals surface area (Å²) < 4.78 is 21.6. The minimum absolute atomic E-state index is 0.0225. The lowest BCUT2D eigenvalue weighted by Gasteiger charge is -2.34. The lowest BCUT2D eigenvalue weighted by atomic mass is 9.95. The van der Waals surface area contributed by atoms with Gasteiger partial charge in [-0.3, -0.25) is 0 Å². The molecule has 150 valence electrons. The average molecular weight is 413 g/mol. The van der Waals surface area contributed by atoms with Gasteiger partial charge in [0.2, 0.25) is 16.7 Å². The van der Waals surface area contributed by atoms with Crippen LogP contribution in [0.15, 0.2) is 47.1 Å². The molecule has 5 rings (SSSR count). The van der Waals surface area contributed by atoms with Gasteiger partial charge in [0.25, 0.3) is 0 Å². The monoisotopic (exact) mass is 413 g/mol. The molecule has 1 unspecified atom stereocenters. The molecular weight excluding hydrogens is 391 g/mol. The van der Waals surface area contributed by atoms with E-state index in [1.54, 1.807) is 24.5 Å². The van der Waals surface area contributed by atoms with E-state index < -0.39 is 0 Å². The topological polar surface area (TPSA) is 68.0 Å². The molecule has 0 bridgehead atoms. The number of aromatic nitrogens is 3. The number of furan rings is 1. The Bertz CT molecular complexity index is 1140. The molecule has 2 N–H and O–H groups in total. The zero-order chi connectivity index (χ0) is 20.0. The Morgan fingerprint density at radius 2 is 2.17 bits per heavy atom. The van der Waals surface area contributed by atoms with Crippen LogP contribution in [-0.2, 0) is 0 Å². The van der Waals surface area contributed by atoms with Crippen LogP contribution in [0.5, 0.6) is 5.88 Å². The highest BCUT2D eigenvalue weighted by Crippen LogP contribution is 2.37. The van der Waals surface area contributed by atoms with E-state index in [-0.39, 0.29) is 17.7 Å². The third-order valence-electron chi connectivity index (χ3n) is 5.63. The lowest BCUT2D eigenvalue weighted by molar-refractivity contribution is -0.933. The number of rotatable bonds is 4. The van der Waals surface area contributed by atoms with Crippen molar-refractivity contribution in [3.05, 3.63) is 58.9 Å². The number of benzene rings is 1. The number of likely N-dealkylation sites (tertiary alicyclic amines) is 1. The van der Waals surface area contributed by atoms with Crippen molar-refractivity contribution in [1.82, 2.24) is 14.6 Å². The number of quaternary nitrogens is 1. The highest BCUT2D eigenvalue weighted by atomic mass is 32.1. The molecular formula is C21H22FN4O2S+. The van der Waals surface area contributed by atoms with Crippen LogP contribution < -0.4 is 4.90 Å². The maximum Gasteiger partial charge on any atom is 0.235 e. The summed E-state index contributed by atoms with van der Waals surface area (Å²) in [4.78, 5) is 7.03. The van der Waals surface area contributed by atoms with Gasteiger partial charge in [0.05, 0.1) is 24.9 Å². The third-order valence-corrected chi connectivity index (χ3v) is 6.72. The molecule has 8 heteroatoms. The van der Waals surface area contributed by atoms with Crippen LogP contribution >= 0.6 is 11.3 Å². The zero-order valence-electron chi connectivity index (χ0n) is 16.0. The maximum absolute atomic E-state index is 14.8. The second-order valence-electron chi connectivity index (χ2n) is 7.71. The number of piperidine rings is 1. The molecule has 0 spiro atoms. The molecule has 3 atom stereocenters. The van der Waals surface area contributed by atoms with Crippen LogP contribution in [0.4, 0.5) is 4.39 Å². The fourth-order valence-electron chi connectivity index (χ4n) is 4.30. The van der Waals surface area contributed by atoms with E-state index in [0.29, 0.717) is 32.9 Å². The SMILES string of the molecule is C[C@H]1CCC[NH+]([C@@H](c2ccccc2F)c2sc3nc(-c4ccco4)nn3c2O)C1. The number of thiazole rings is 1. The lowest BCUT2D eigenvalue weighted by Crippen LogP contribution is -3.13. The van der Waals surface area contributed by atoms with Crippen molar-refractivity contribution in [1.29, 1.82) is 0 Å². The fourth-order valence-corrected chi connectivity index (χ4v) is 5.43. The van der Waals surface area contributed by atoms with E-state index in [4.69, 9.17) is 4.42 Å². The van der Waals surface area contributed by atoms with Crippen molar-refractivity contribution in [3.63, 3.8) is 0 Å². The first-order valence-corrected chi connectivity index (χ1v) is 10.6. The van der Waals surface area contributed by atoms with Gasteiger partial charge in [0.1, 0.15) is 10.7 Å². The summed E-state index contributed by atoms with van der Waals surface area (Å²) in [7, 11) is 0. The summed E-state index contributed by atoms with van der Waals surface area (Å²) in [6.45, 7) is 4.10. The molecule has 3 aromatic heterocycles. The van der Waals surface area contributed by atoms with Gasteiger partial charge in [-0.15, -0.1) is 5.10 Å². The van der Waals surface area contributed by atoms with Crippen LogP contribution in [0.25, 0.3) is 16.5 Å². The molecule has 6 nitrogen and oxygen atoms in total. The zero-order valence-corrected chi connectivity index (χ0v) is 16.8. The third kappa shape index (κ3) is 3.22. The van der Waals surface area contributed by atoms with Gasteiger partial charge in [-0.05, 0) is 37.1 Å². The van der Waals surface area contributed by atoms with Crippen molar-refractivity contribution < 1.29 is 18.8 Å². The van der Waals surface area contributed by atoms with Crippen LogP contribution in [0.3, 0.4) is 0 Å². The van der Waals surface area contributed by atoms with Crippen LogP contribution in [0, 0.1) is 11.7 Å². The summed E-state index contributed by atoms with van der Waals surface area (Å²) in [6, 6.07) is 10.1. The highest BCUT2D eigenvalue weighted by molar-refractivity contribution is 7.17. The Balaban J connectivity index is 1.62. The molecule has 0 radical (unpaired) electrons. The number of nitrogens with zero attached hydrogens (tertiary/aromatic N) is 3. The van der Waals surface area contributed by atoms with E-state index in [1.165, 1.54) is 33.2 Å². The Kier molecular flexibility index (Phi) is 4.60. The predicted molar refractivity (Wildman–Crippen MR) is 108 cm³/mol. The molecule has 1 saturated heterocycles. The average Bonchev–Trinajstić information content (AvgIpc) is 3.43. The van der Waals surface area contributed by atoms with Crippen molar-refractivity contribution >= 4 is 16.3 Å². The van der Waals surface area contributed by atoms with Gasteiger partial charge in [-0.2, -0.15) is 9.50 Å². The number of fused-ring (bicyclic) bond motifs is 1. The smallest absolute Gasteiger partial charge is 0.235 e. The number of aromatic hydroxyl groups is 1. The Hall–Kier alpha value is -2.71. The molecule has 4 aromatic rings. The van der Waals surface area contributed by atoms with E-state index in [9.17, 15) is 9.50 Å². The van der Waals surface area contributed by atoms with Crippen molar-refractivity contribution in [3.8, 4) is 17.5 Å². The molecule has 0 aliphatic carbocycles. The second-order valence-corrected chi connectivity index (χ2v) is 8.72. The largest absolute Gasteiger partial charge is 0.492 e.